The molecule has 120 valence electrons. The highest BCUT2D eigenvalue weighted by Gasteiger charge is 2.35. The highest BCUT2D eigenvalue weighted by atomic mass is 16.5. The fraction of sp³-hybridized carbons (Fsp3) is 0.500. The zero-order valence-corrected chi connectivity index (χ0v) is 13.3. The molecule has 2 rings (SSSR count). The Morgan fingerprint density at radius 2 is 2.09 bits per heavy atom. The molecule has 3 amide bonds. The molecule has 0 spiro atoms. The zero-order chi connectivity index (χ0) is 16.1. The van der Waals surface area contributed by atoms with Gasteiger partial charge in [-0.25, -0.2) is 4.79 Å². The van der Waals surface area contributed by atoms with Crippen molar-refractivity contribution in [1.82, 2.24) is 10.2 Å². The number of anilines is 1. The SMILES string of the molecule is CCCNC(=O)N1CCN(c2ccccc2OC)C(=O)[C@H]1C. The van der Waals surface area contributed by atoms with Crippen LogP contribution in [0, 0.1) is 0 Å². The Morgan fingerprint density at radius 1 is 1.36 bits per heavy atom. The number of para-hydroxylation sites is 2. The lowest BCUT2D eigenvalue weighted by molar-refractivity contribution is -0.124. The third kappa shape index (κ3) is 3.16. The number of carbonyl (C=O) groups excluding carboxylic acids is 2. The van der Waals surface area contributed by atoms with Gasteiger partial charge in [-0.05, 0) is 25.5 Å². The first-order valence-corrected chi connectivity index (χ1v) is 7.59. The second-order valence-corrected chi connectivity index (χ2v) is 5.26. The van der Waals surface area contributed by atoms with Gasteiger partial charge in [-0.3, -0.25) is 4.79 Å². The minimum absolute atomic E-state index is 0.0950. The first-order chi connectivity index (χ1) is 10.6. The first-order valence-electron chi connectivity index (χ1n) is 7.59. The van der Waals surface area contributed by atoms with Crippen LogP contribution in [0.1, 0.15) is 20.3 Å². The molecule has 0 aromatic heterocycles. The average Bonchev–Trinajstić information content (AvgIpc) is 2.55. The van der Waals surface area contributed by atoms with Crippen LogP contribution in [-0.2, 0) is 4.79 Å². The van der Waals surface area contributed by atoms with Crippen molar-refractivity contribution >= 4 is 17.6 Å². The zero-order valence-electron chi connectivity index (χ0n) is 13.3. The molecule has 0 saturated carbocycles. The molecule has 6 heteroatoms. The van der Waals surface area contributed by atoms with Gasteiger partial charge in [0, 0.05) is 19.6 Å². The molecular weight excluding hydrogens is 282 g/mol. The normalized spacial score (nSPS) is 18.3. The summed E-state index contributed by atoms with van der Waals surface area (Å²) in [5.41, 5.74) is 0.746. The first kappa shape index (κ1) is 16.1. The Labute approximate surface area is 131 Å². The number of methoxy groups -OCH3 is 1. The average molecular weight is 305 g/mol. The maximum absolute atomic E-state index is 12.6. The van der Waals surface area contributed by atoms with E-state index < -0.39 is 6.04 Å². The quantitative estimate of drug-likeness (QED) is 0.923. The maximum Gasteiger partial charge on any atom is 0.318 e. The van der Waals surface area contributed by atoms with Gasteiger partial charge in [0.25, 0.3) is 0 Å². The lowest BCUT2D eigenvalue weighted by Gasteiger charge is -2.39. The Bertz CT molecular complexity index is 547. The van der Waals surface area contributed by atoms with Gasteiger partial charge in [0.1, 0.15) is 11.8 Å². The van der Waals surface area contributed by atoms with Crippen molar-refractivity contribution in [3.63, 3.8) is 0 Å². The van der Waals surface area contributed by atoms with Crippen LogP contribution in [0.25, 0.3) is 0 Å². The van der Waals surface area contributed by atoms with Gasteiger partial charge in [-0.2, -0.15) is 0 Å². The largest absolute Gasteiger partial charge is 0.495 e. The molecule has 0 bridgehead atoms. The van der Waals surface area contributed by atoms with E-state index in [1.54, 1.807) is 23.8 Å². The summed E-state index contributed by atoms with van der Waals surface area (Å²) in [5.74, 6) is 0.564. The molecule has 1 aliphatic rings. The van der Waals surface area contributed by atoms with Crippen LogP contribution in [0.3, 0.4) is 0 Å². The predicted molar refractivity (Wildman–Crippen MR) is 85.2 cm³/mol. The van der Waals surface area contributed by atoms with E-state index in [1.807, 2.05) is 31.2 Å². The molecule has 1 aromatic rings. The van der Waals surface area contributed by atoms with Crippen molar-refractivity contribution in [3.8, 4) is 5.75 Å². The van der Waals surface area contributed by atoms with Crippen LogP contribution in [0.4, 0.5) is 10.5 Å². The number of amides is 3. The van der Waals surface area contributed by atoms with Crippen molar-refractivity contribution in [2.75, 3.05) is 31.6 Å². The Morgan fingerprint density at radius 3 is 2.77 bits per heavy atom. The summed E-state index contributed by atoms with van der Waals surface area (Å²) in [7, 11) is 1.58. The van der Waals surface area contributed by atoms with Crippen LogP contribution in [-0.4, -0.2) is 49.6 Å². The summed E-state index contributed by atoms with van der Waals surface area (Å²) in [6.45, 7) is 5.33. The summed E-state index contributed by atoms with van der Waals surface area (Å²) in [6.07, 6.45) is 0.870. The van der Waals surface area contributed by atoms with Gasteiger partial charge in [0.15, 0.2) is 0 Å². The third-order valence-corrected chi connectivity index (χ3v) is 3.82. The van der Waals surface area contributed by atoms with Crippen LogP contribution < -0.4 is 15.0 Å². The molecule has 1 atom stereocenters. The second kappa shape index (κ2) is 7.15. The molecule has 6 nitrogen and oxygen atoms in total. The number of carbonyl (C=O) groups is 2. The molecule has 1 aromatic carbocycles. The molecule has 1 saturated heterocycles. The van der Waals surface area contributed by atoms with Crippen molar-refractivity contribution < 1.29 is 14.3 Å². The minimum atomic E-state index is -0.490. The van der Waals surface area contributed by atoms with Gasteiger partial charge in [0.2, 0.25) is 5.91 Å². The molecule has 1 aliphatic heterocycles. The van der Waals surface area contributed by atoms with Crippen molar-refractivity contribution in [1.29, 1.82) is 0 Å². The van der Waals surface area contributed by atoms with Crippen molar-refractivity contribution in [2.45, 2.75) is 26.3 Å². The van der Waals surface area contributed by atoms with E-state index in [1.165, 1.54) is 0 Å². The number of hydrogen-bond acceptors (Lipinski definition) is 3. The number of rotatable bonds is 4. The molecule has 0 unspecified atom stereocenters. The summed E-state index contributed by atoms with van der Waals surface area (Å²) in [5, 5.41) is 2.82. The molecule has 1 N–H and O–H groups in total. The van der Waals surface area contributed by atoms with Crippen molar-refractivity contribution in [2.24, 2.45) is 0 Å². The number of ether oxygens (including phenoxy) is 1. The standard InChI is InChI=1S/C16H23N3O3/c1-4-9-17-16(21)18-10-11-19(15(20)12(18)2)13-7-5-6-8-14(13)22-3/h5-8,12H,4,9-11H2,1-3H3,(H,17,21)/t12-/m1/s1. The lowest BCUT2D eigenvalue weighted by atomic mass is 10.1. The smallest absolute Gasteiger partial charge is 0.318 e. The minimum Gasteiger partial charge on any atom is -0.495 e. The van der Waals surface area contributed by atoms with Crippen LogP contribution in [0.15, 0.2) is 24.3 Å². The van der Waals surface area contributed by atoms with E-state index >= 15 is 0 Å². The van der Waals surface area contributed by atoms with Gasteiger partial charge in [0.05, 0.1) is 12.8 Å². The highest BCUT2D eigenvalue weighted by molar-refractivity contribution is 6.01. The molecular formula is C16H23N3O3. The van der Waals surface area contributed by atoms with Gasteiger partial charge in [-0.1, -0.05) is 19.1 Å². The number of benzene rings is 1. The van der Waals surface area contributed by atoms with Gasteiger partial charge in [-0.15, -0.1) is 0 Å². The number of piperazine rings is 1. The van der Waals surface area contributed by atoms with E-state index in [-0.39, 0.29) is 11.9 Å². The molecule has 22 heavy (non-hydrogen) atoms. The fourth-order valence-corrected chi connectivity index (χ4v) is 2.57. The lowest BCUT2D eigenvalue weighted by Crippen LogP contribution is -2.59. The van der Waals surface area contributed by atoms with Crippen LogP contribution in [0.5, 0.6) is 5.75 Å². The maximum atomic E-state index is 12.6. The topological polar surface area (TPSA) is 61.9 Å². The van der Waals surface area contributed by atoms with Crippen LogP contribution >= 0.6 is 0 Å². The van der Waals surface area contributed by atoms with E-state index in [9.17, 15) is 9.59 Å². The summed E-state index contributed by atoms with van der Waals surface area (Å²) in [6, 6.07) is 6.75. The molecule has 0 aliphatic carbocycles. The van der Waals surface area contributed by atoms with Gasteiger partial charge < -0.3 is 19.9 Å². The predicted octanol–water partition coefficient (Wildman–Crippen LogP) is 1.85. The number of nitrogens with one attached hydrogen (secondary N) is 1. The summed E-state index contributed by atoms with van der Waals surface area (Å²) < 4.78 is 5.32. The number of hydrogen-bond donors (Lipinski definition) is 1. The van der Waals surface area contributed by atoms with Crippen molar-refractivity contribution in [3.05, 3.63) is 24.3 Å². The van der Waals surface area contributed by atoms with E-state index in [4.69, 9.17) is 4.74 Å². The number of nitrogens with zero attached hydrogens (tertiary/aromatic N) is 2. The molecule has 0 radical (unpaired) electrons. The number of urea groups is 1. The summed E-state index contributed by atoms with van der Waals surface area (Å²) >= 11 is 0. The fourth-order valence-electron chi connectivity index (χ4n) is 2.57. The third-order valence-electron chi connectivity index (χ3n) is 3.82. The Balaban J connectivity index is 2.14. The molecule has 1 heterocycles. The second-order valence-electron chi connectivity index (χ2n) is 5.26. The Kier molecular flexibility index (Phi) is 5.25. The van der Waals surface area contributed by atoms with E-state index in [0.717, 1.165) is 12.1 Å². The summed E-state index contributed by atoms with van der Waals surface area (Å²) in [4.78, 5) is 28.0. The van der Waals surface area contributed by atoms with E-state index in [0.29, 0.717) is 25.4 Å². The van der Waals surface area contributed by atoms with E-state index in [2.05, 4.69) is 5.32 Å². The highest BCUT2D eigenvalue weighted by Crippen LogP contribution is 2.30. The molecule has 1 fully saturated rings. The van der Waals surface area contributed by atoms with Gasteiger partial charge >= 0.3 is 6.03 Å². The van der Waals surface area contributed by atoms with Crippen LogP contribution in [0.2, 0.25) is 0 Å². The Hall–Kier alpha value is -2.24. The monoisotopic (exact) mass is 305 g/mol.